The molecule has 12 nitrogen and oxygen atoms in total. The molecule has 0 aromatic heterocycles. The summed E-state index contributed by atoms with van der Waals surface area (Å²) in [6, 6.07) is 18.9. The Labute approximate surface area is 289 Å². The average molecular weight is 697 g/mol. The second kappa shape index (κ2) is 17.5. The van der Waals surface area contributed by atoms with Gasteiger partial charge >= 0.3 is 6.03 Å². The van der Waals surface area contributed by atoms with Crippen molar-refractivity contribution in [2.75, 3.05) is 51.1 Å². The molecule has 3 amide bonds. The van der Waals surface area contributed by atoms with Crippen LogP contribution in [0.5, 0.6) is 11.5 Å². The number of nitrogens with zero attached hydrogens (tertiary/aromatic N) is 2. The van der Waals surface area contributed by atoms with Gasteiger partial charge in [0.1, 0.15) is 11.5 Å². The second-order valence-electron chi connectivity index (χ2n) is 12.4. The van der Waals surface area contributed by atoms with Crippen LogP contribution in [0.1, 0.15) is 50.4 Å². The van der Waals surface area contributed by atoms with E-state index in [4.69, 9.17) is 14.2 Å². The van der Waals surface area contributed by atoms with Crippen molar-refractivity contribution >= 4 is 33.3 Å². The van der Waals surface area contributed by atoms with Gasteiger partial charge in [-0.1, -0.05) is 25.1 Å². The number of urea groups is 1. The molecule has 0 saturated carbocycles. The highest BCUT2D eigenvalue weighted by atomic mass is 32.2. The van der Waals surface area contributed by atoms with Crippen LogP contribution in [0, 0.1) is 5.92 Å². The van der Waals surface area contributed by atoms with E-state index >= 15 is 0 Å². The van der Waals surface area contributed by atoms with E-state index in [2.05, 4.69) is 10.6 Å². The second-order valence-corrected chi connectivity index (χ2v) is 14.5. The molecule has 3 aromatic rings. The third-order valence-electron chi connectivity index (χ3n) is 8.55. The molecule has 49 heavy (non-hydrogen) atoms. The number of aliphatic hydroxyl groups is 1. The maximum absolute atomic E-state index is 14.4. The molecule has 3 N–H and O–H groups in total. The minimum absolute atomic E-state index is 0.0708. The van der Waals surface area contributed by atoms with Gasteiger partial charge in [0, 0.05) is 44.0 Å². The lowest BCUT2D eigenvalue weighted by Gasteiger charge is -2.35. The monoisotopic (exact) mass is 696 g/mol. The number of rotatable bonds is 9. The number of anilines is 2. The van der Waals surface area contributed by atoms with Gasteiger partial charge in [-0.3, -0.25) is 4.79 Å². The van der Waals surface area contributed by atoms with E-state index < -0.39 is 34.1 Å². The molecule has 0 radical (unpaired) electrons. The number of benzene rings is 3. The molecule has 0 aliphatic carbocycles. The quantitative estimate of drug-likeness (QED) is 0.268. The lowest BCUT2D eigenvalue weighted by atomic mass is 10.0. The van der Waals surface area contributed by atoms with Crippen LogP contribution in [-0.4, -0.2) is 93.4 Å². The number of aliphatic hydroxyl groups excluding tert-OH is 1. The Hall–Kier alpha value is -4.17. The standard InChI is InChI=1S/C36H48N4O8S/c1-25-22-40(26(2)24-41)35(42)32-21-29(38-36(43)37-28-14-17-30(46-5)18-15-28)16-19-33(32)48-27(3)11-9-10-20-47-34(25)23-39(4)49(44,45)31-12-7-6-8-13-31/h6-8,12-19,21,25-27,34,41H,9-11,20,22-24H2,1-5H3,(H2,37,38,43)/t25-,26+,27+,34+/m1/s1. The lowest BCUT2D eigenvalue weighted by molar-refractivity contribution is -0.00833. The Kier molecular flexibility index (Phi) is 13.4. The maximum atomic E-state index is 14.4. The molecule has 4 rings (SSSR count). The Balaban J connectivity index is 1.61. The lowest BCUT2D eigenvalue weighted by Crippen LogP contribution is -2.48. The zero-order valence-corrected chi connectivity index (χ0v) is 29.6. The number of hydrogen-bond acceptors (Lipinski definition) is 8. The van der Waals surface area contributed by atoms with E-state index in [0.29, 0.717) is 35.9 Å². The molecule has 0 bridgehead atoms. The van der Waals surface area contributed by atoms with Gasteiger partial charge < -0.3 is 34.9 Å². The van der Waals surface area contributed by atoms with Crippen LogP contribution in [-0.2, 0) is 14.8 Å². The molecule has 1 aliphatic rings. The molecule has 266 valence electrons. The minimum Gasteiger partial charge on any atom is -0.497 e. The molecule has 13 heteroatoms. The summed E-state index contributed by atoms with van der Waals surface area (Å²) in [5, 5.41) is 15.8. The van der Waals surface area contributed by atoms with E-state index in [1.807, 2.05) is 13.8 Å². The number of fused-ring (bicyclic) bond motifs is 1. The van der Waals surface area contributed by atoms with Crippen LogP contribution in [0.3, 0.4) is 0 Å². The SMILES string of the molecule is COc1ccc(NC(=O)Nc2ccc3c(c2)C(=O)N([C@@H](C)CO)C[C@@H](C)[C@H](CN(C)S(=O)(=O)c2ccccc2)OCCCC[C@H](C)O3)cc1. The van der Waals surface area contributed by atoms with Crippen molar-refractivity contribution in [1.29, 1.82) is 0 Å². The number of carbonyl (C=O) groups is 2. The first-order chi connectivity index (χ1) is 23.4. The summed E-state index contributed by atoms with van der Waals surface area (Å²) < 4.78 is 45.8. The van der Waals surface area contributed by atoms with Crippen LogP contribution in [0.25, 0.3) is 0 Å². The van der Waals surface area contributed by atoms with Gasteiger partial charge in [0.25, 0.3) is 5.91 Å². The predicted octanol–water partition coefficient (Wildman–Crippen LogP) is 5.46. The van der Waals surface area contributed by atoms with Crippen LogP contribution in [0.2, 0.25) is 0 Å². The first-order valence-corrected chi connectivity index (χ1v) is 17.9. The molecule has 1 heterocycles. The number of amides is 3. The first kappa shape index (κ1) is 37.6. The number of hydrogen-bond donors (Lipinski definition) is 3. The Morgan fingerprint density at radius 2 is 1.71 bits per heavy atom. The normalized spacial score (nSPS) is 20.0. The summed E-state index contributed by atoms with van der Waals surface area (Å²) in [6.07, 6.45) is 1.45. The third-order valence-corrected chi connectivity index (χ3v) is 10.4. The molecule has 3 aromatic carbocycles. The van der Waals surface area contributed by atoms with Gasteiger partial charge in [-0.2, -0.15) is 4.31 Å². The molecule has 0 unspecified atom stereocenters. The fourth-order valence-corrected chi connectivity index (χ4v) is 6.76. The van der Waals surface area contributed by atoms with E-state index in [9.17, 15) is 23.1 Å². The largest absolute Gasteiger partial charge is 0.497 e. The van der Waals surface area contributed by atoms with Crippen LogP contribution >= 0.6 is 0 Å². The van der Waals surface area contributed by atoms with Gasteiger partial charge in [0.2, 0.25) is 10.0 Å². The van der Waals surface area contributed by atoms with Crippen molar-refractivity contribution in [3.05, 3.63) is 78.4 Å². The Morgan fingerprint density at radius 3 is 2.39 bits per heavy atom. The van der Waals surface area contributed by atoms with Crippen LogP contribution < -0.4 is 20.1 Å². The summed E-state index contributed by atoms with van der Waals surface area (Å²) in [5.74, 6) is 0.285. The van der Waals surface area contributed by atoms with E-state index in [1.54, 1.807) is 91.7 Å². The Bertz CT molecular complexity index is 1640. The number of sulfonamides is 1. The summed E-state index contributed by atoms with van der Waals surface area (Å²) >= 11 is 0. The number of carbonyl (C=O) groups excluding carboxylic acids is 2. The minimum atomic E-state index is -3.78. The van der Waals surface area contributed by atoms with Gasteiger partial charge in [0.05, 0.1) is 42.4 Å². The fourth-order valence-electron chi connectivity index (χ4n) is 5.55. The number of nitrogens with one attached hydrogen (secondary N) is 2. The number of methoxy groups -OCH3 is 1. The van der Waals surface area contributed by atoms with Crippen molar-refractivity contribution < 1.29 is 37.3 Å². The highest BCUT2D eigenvalue weighted by Gasteiger charge is 2.32. The van der Waals surface area contributed by atoms with Crippen LogP contribution in [0.15, 0.2) is 77.7 Å². The number of likely N-dealkylation sites (N-methyl/N-ethyl adjacent to an activating group) is 1. The van der Waals surface area contributed by atoms with Gasteiger partial charge in [-0.15, -0.1) is 0 Å². The molecule has 0 fully saturated rings. The third kappa shape index (κ3) is 10.2. The first-order valence-electron chi connectivity index (χ1n) is 16.5. The van der Waals surface area contributed by atoms with Gasteiger partial charge in [0.15, 0.2) is 0 Å². The summed E-state index contributed by atoms with van der Waals surface area (Å²) in [4.78, 5) is 29.0. The van der Waals surface area contributed by atoms with Crippen LogP contribution in [0.4, 0.5) is 16.2 Å². The maximum Gasteiger partial charge on any atom is 0.323 e. The molecular formula is C36H48N4O8S. The summed E-state index contributed by atoms with van der Waals surface area (Å²) in [6.45, 7) is 5.91. The average Bonchev–Trinajstić information content (AvgIpc) is 3.10. The van der Waals surface area contributed by atoms with Gasteiger partial charge in [-0.25, -0.2) is 13.2 Å². The molecule has 4 atom stereocenters. The smallest absolute Gasteiger partial charge is 0.323 e. The van der Waals surface area contributed by atoms with Crippen molar-refractivity contribution in [3.63, 3.8) is 0 Å². The molecular weight excluding hydrogens is 648 g/mol. The highest BCUT2D eigenvalue weighted by molar-refractivity contribution is 7.89. The molecule has 1 aliphatic heterocycles. The fraction of sp³-hybridized carbons (Fsp3) is 0.444. The number of ether oxygens (including phenoxy) is 3. The molecule has 0 spiro atoms. The van der Waals surface area contributed by atoms with Crippen molar-refractivity contribution in [3.8, 4) is 11.5 Å². The zero-order chi connectivity index (χ0) is 35.6. The van der Waals surface area contributed by atoms with Crippen molar-refractivity contribution in [2.45, 2.75) is 63.2 Å². The highest BCUT2D eigenvalue weighted by Crippen LogP contribution is 2.29. The summed E-state index contributed by atoms with van der Waals surface area (Å²) in [5.41, 5.74) is 1.15. The van der Waals surface area contributed by atoms with Crippen molar-refractivity contribution in [1.82, 2.24) is 9.21 Å². The zero-order valence-electron chi connectivity index (χ0n) is 28.8. The molecule has 0 saturated heterocycles. The van der Waals surface area contributed by atoms with E-state index in [-0.39, 0.29) is 42.2 Å². The summed E-state index contributed by atoms with van der Waals surface area (Å²) in [7, 11) is -0.697. The van der Waals surface area contributed by atoms with Crippen molar-refractivity contribution in [2.24, 2.45) is 5.92 Å². The van der Waals surface area contributed by atoms with E-state index in [1.165, 1.54) is 11.4 Å². The topological polar surface area (TPSA) is 147 Å². The van der Waals surface area contributed by atoms with E-state index in [0.717, 1.165) is 12.8 Å². The Morgan fingerprint density at radius 1 is 1.04 bits per heavy atom. The predicted molar refractivity (Wildman–Crippen MR) is 189 cm³/mol. The van der Waals surface area contributed by atoms with Gasteiger partial charge in [-0.05, 0) is 87.7 Å².